The van der Waals surface area contributed by atoms with Crippen LogP contribution in [0, 0.1) is 6.92 Å². The third-order valence-corrected chi connectivity index (χ3v) is 4.13. The van der Waals surface area contributed by atoms with Crippen molar-refractivity contribution in [2.45, 2.75) is 46.3 Å². The number of unbranched alkanes of at least 4 members (excludes halogenated alkanes) is 1. The molecule has 1 aromatic heterocycles. The molecule has 1 fully saturated rings. The smallest absolute Gasteiger partial charge is 0.343 e. The normalized spacial score (nSPS) is 15.3. The van der Waals surface area contributed by atoms with Crippen LogP contribution in [-0.2, 0) is 16.1 Å². The molecule has 1 aliphatic heterocycles. The molecule has 0 aliphatic carbocycles. The van der Waals surface area contributed by atoms with Crippen LogP contribution < -0.4 is 5.32 Å². The number of amides is 3. The first-order valence-corrected chi connectivity index (χ1v) is 8.27. The molecular formula is C15H21ClN4O4. The van der Waals surface area contributed by atoms with Gasteiger partial charge in [0, 0.05) is 19.6 Å². The molecular weight excluding hydrogens is 336 g/mol. The lowest BCUT2D eigenvalue weighted by atomic mass is 10.2. The van der Waals surface area contributed by atoms with Crippen LogP contribution in [0.15, 0.2) is 0 Å². The summed E-state index contributed by atoms with van der Waals surface area (Å²) in [5.74, 6) is -1.29. The maximum atomic E-state index is 12.4. The Bertz CT molecular complexity index is 658. The van der Waals surface area contributed by atoms with Gasteiger partial charge < -0.3 is 10.1 Å². The Balaban J connectivity index is 2.07. The summed E-state index contributed by atoms with van der Waals surface area (Å²) >= 11 is 6.21. The van der Waals surface area contributed by atoms with Crippen molar-refractivity contribution < 1.29 is 19.1 Å². The van der Waals surface area contributed by atoms with Gasteiger partial charge in [0.1, 0.15) is 10.7 Å². The summed E-state index contributed by atoms with van der Waals surface area (Å²) in [7, 11) is 0. The van der Waals surface area contributed by atoms with Crippen molar-refractivity contribution in [2.24, 2.45) is 0 Å². The summed E-state index contributed by atoms with van der Waals surface area (Å²) in [5, 5.41) is 6.96. The quantitative estimate of drug-likeness (QED) is 0.783. The highest BCUT2D eigenvalue weighted by Gasteiger charge is 2.33. The SMILES string of the molecule is CCCCn1nc(C)c(C(=O)O[C@@H](C)C(=O)N2CCNC2=O)c1Cl. The zero-order valence-electron chi connectivity index (χ0n) is 14.0. The fourth-order valence-corrected chi connectivity index (χ4v) is 2.75. The van der Waals surface area contributed by atoms with Gasteiger partial charge in [-0.15, -0.1) is 0 Å². The van der Waals surface area contributed by atoms with E-state index in [4.69, 9.17) is 16.3 Å². The molecule has 0 aromatic carbocycles. The fourth-order valence-electron chi connectivity index (χ4n) is 2.41. The lowest BCUT2D eigenvalue weighted by Gasteiger charge is -2.18. The molecule has 3 amide bonds. The molecule has 1 aromatic rings. The number of carbonyl (C=O) groups excluding carboxylic acids is 3. The van der Waals surface area contributed by atoms with Gasteiger partial charge in [-0.25, -0.2) is 9.59 Å². The highest BCUT2D eigenvalue weighted by atomic mass is 35.5. The number of carbonyl (C=O) groups is 3. The molecule has 0 radical (unpaired) electrons. The second-order valence-electron chi connectivity index (χ2n) is 5.60. The Morgan fingerprint density at radius 1 is 1.46 bits per heavy atom. The minimum Gasteiger partial charge on any atom is -0.449 e. The number of imide groups is 1. The standard InChI is InChI=1S/C15H21ClN4O4/c1-4-5-7-20-12(16)11(9(2)18-20)14(22)24-10(3)13(21)19-8-6-17-15(19)23/h10H,4-8H2,1-3H3,(H,17,23)/t10-/m0/s1. The molecule has 8 nitrogen and oxygen atoms in total. The number of aryl methyl sites for hydroxylation is 2. The molecule has 1 aliphatic rings. The van der Waals surface area contributed by atoms with Crippen molar-refractivity contribution in [3.05, 3.63) is 16.4 Å². The van der Waals surface area contributed by atoms with Crippen molar-refractivity contribution in [2.75, 3.05) is 13.1 Å². The highest BCUT2D eigenvalue weighted by molar-refractivity contribution is 6.32. The van der Waals surface area contributed by atoms with E-state index in [-0.39, 0.29) is 17.3 Å². The molecule has 0 bridgehead atoms. The van der Waals surface area contributed by atoms with E-state index in [1.54, 1.807) is 11.6 Å². The van der Waals surface area contributed by atoms with Crippen LogP contribution in [-0.4, -0.2) is 51.8 Å². The predicted octanol–water partition coefficient (Wildman–Crippen LogP) is 1.74. The number of nitrogens with one attached hydrogen (secondary N) is 1. The first-order chi connectivity index (χ1) is 11.4. The van der Waals surface area contributed by atoms with Crippen LogP contribution in [0.1, 0.15) is 42.7 Å². The van der Waals surface area contributed by atoms with Crippen LogP contribution in [0.4, 0.5) is 4.79 Å². The second kappa shape index (κ2) is 7.65. The summed E-state index contributed by atoms with van der Waals surface area (Å²) in [4.78, 5) is 37.1. The van der Waals surface area contributed by atoms with E-state index in [0.29, 0.717) is 18.8 Å². The van der Waals surface area contributed by atoms with E-state index in [2.05, 4.69) is 10.4 Å². The number of urea groups is 1. The summed E-state index contributed by atoms with van der Waals surface area (Å²) in [5.41, 5.74) is 0.595. The monoisotopic (exact) mass is 356 g/mol. The van der Waals surface area contributed by atoms with Crippen LogP contribution in [0.5, 0.6) is 0 Å². The summed E-state index contributed by atoms with van der Waals surface area (Å²) in [6, 6.07) is -0.482. The number of nitrogens with zero attached hydrogens (tertiary/aromatic N) is 3. The van der Waals surface area contributed by atoms with E-state index in [1.165, 1.54) is 6.92 Å². The van der Waals surface area contributed by atoms with Gasteiger partial charge in [-0.2, -0.15) is 5.10 Å². The van der Waals surface area contributed by atoms with Gasteiger partial charge in [0.25, 0.3) is 5.91 Å². The van der Waals surface area contributed by atoms with Crippen LogP contribution in [0.2, 0.25) is 5.15 Å². The van der Waals surface area contributed by atoms with E-state index < -0.39 is 24.0 Å². The molecule has 0 saturated carbocycles. The zero-order chi connectivity index (χ0) is 17.9. The minimum atomic E-state index is -1.09. The number of aromatic nitrogens is 2. The number of ether oxygens (including phenoxy) is 1. The van der Waals surface area contributed by atoms with Crippen LogP contribution in [0.25, 0.3) is 0 Å². The highest BCUT2D eigenvalue weighted by Crippen LogP contribution is 2.22. The van der Waals surface area contributed by atoms with Gasteiger partial charge in [-0.1, -0.05) is 24.9 Å². The summed E-state index contributed by atoms with van der Waals surface area (Å²) in [6.07, 6.45) is 0.767. The molecule has 1 saturated heterocycles. The molecule has 24 heavy (non-hydrogen) atoms. The Labute approximate surface area is 145 Å². The van der Waals surface area contributed by atoms with E-state index >= 15 is 0 Å². The lowest BCUT2D eigenvalue weighted by Crippen LogP contribution is -2.41. The molecule has 2 heterocycles. The number of hydrogen-bond donors (Lipinski definition) is 1. The van der Waals surface area contributed by atoms with Gasteiger partial charge >= 0.3 is 12.0 Å². The molecule has 1 atom stereocenters. The zero-order valence-corrected chi connectivity index (χ0v) is 14.7. The average molecular weight is 357 g/mol. The number of esters is 1. The molecule has 1 N–H and O–H groups in total. The number of hydrogen-bond acceptors (Lipinski definition) is 5. The predicted molar refractivity (Wildman–Crippen MR) is 86.9 cm³/mol. The number of halogens is 1. The van der Waals surface area contributed by atoms with E-state index in [1.807, 2.05) is 6.92 Å². The maximum absolute atomic E-state index is 12.4. The van der Waals surface area contributed by atoms with Crippen molar-refractivity contribution in [1.82, 2.24) is 20.0 Å². The van der Waals surface area contributed by atoms with Crippen molar-refractivity contribution in [3.63, 3.8) is 0 Å². The topological polar surface area (TPSA) is 93.5 Å². The third-order valence-electron chi connectivity index (χ3n) is 3.75. The molecule has 0 spiro atoms. The third kappa shape index (κ3) is 3.69. The lowest BCUT2D eigenvalue weighted by molar-refractivity contribution is -0.136. The van der Waals surface area contributed by atoms with Crippen LogP contribution >= 0.6 is 11.6 Å². The van der Waals surface area contributed by atoms with E-state index in [9.17, 15) is 14.4 Å². The summed E-state index contributed by atoms with van der Waals surface area (Å²) < 4.78 is 6.74. The molecule has 9 heteroatoms. The second-order valence-corrected chi connectivity index (χ2v) is 5.96. The van der Waals surface area contributed by atoms with Crippen molar-refractivity contribution in [3.8, 4) is 0 Å². The molecule has 0 unspecified atom stereocenters. The average Bonchev–Trinajstić information content (AvgIpc) is 3.07. The Hall–Kier alpha value is -2.09. The largest absolute Gasteiger partial charge is 0.449 e. The number of rotatable bonds is 6. The van der Waals surface area contributed by atoms with E-state index in [0.717, 1.165) is 17.7 Å². The van der Waals surface area contributed by atoms with Gasteiger partial charge in [0.05, 0.1) is 5.69 Å². The van der Waals surface area contributed by atoms with Crippen molar-refractivity contribution >= 4 is 29.5 Å². The van der Waals surface area contributed by atoms with Gasteiger partial charge in [-0.05, 0) is 20.3 Å². The first kappa shape index (κ1) is 18.3. The molecule has 132 valence electrons. The molecule has 2 rings (SSSR count). The van der Waals surface area contributed by atoms with Crippen LogP contribution in [0.3, 0.4) is 0 Å². The summed E-state index contributed by atoms with van der Waals surface area (Å²) in [6.45, 7) is 6.38. The van der Waals surface area contributed by atoms with Gasteiger partial charge in [0.2, 0.25) is 0 Å². The minimum absolute atomic E-state index is 0.151. The van der Waals surface area contributed by atoms with Crippen molar-refractivity contribution in [1.29, 1.82) is 0 Å². The Kier molecular flexibility index (Phi) is 5.82. The van der Waals surface area contributed by atoms with Gasteiger partial charge in [0.15, 0.2) is 6.10 Å². The Morgan fingerprint density at radius 2 is 2.17 bits per heavy atom. The first-order valence-electron chi connectivity index (χ1n) is 7.89. The van der Waals surface area contributed by atoms with Gasteiger partial charge in [-0.3, -0.25) is 14.4 Å². The maximum Gasteiger partial charge on any atom is 0.343 e. The Morgan fingerprint density at radius 3 is 2.75 bits per heavy atom. The fraction of sp³-hybridized carbons (Fsp3) is 0.600.